The first-order chi connectivity index (χ1) is 13.6. The molecule has 0 fully saturated rings. The molecule has 6 nitrogen and oxygen atoms in total. The minimum Gasteiger partial charge on any atom is -0.369 e. The zero-order valence-corrected chi connectivity index (χ0v) is 18.0. The van der Waals surface area contributed by atoms with Crippen LogP contribution in [0.2, 0.25) is 0 Å². The van der Waals surface area contributed by atoms with Gasteiger partial charge in [0.15, 0.2) is 0 Å². The molecule has 0 saturated heterocycles. The van der Waals surface area contributed by atoms with E-state index in [1.807, 2.05) is 0 Å². The van der Waals surface area contributed by atoms with Crippen LogP contribution >= 0.6 is 23.2 Å². The van der Waals surface area contributed by atoms with E-state index in [-0.39, 0.29) is 5.91 Å². The minimum absolute atomic E-state index is 0.310. The molecule has 1 amide bonds. The third kappa shape index (κ3) is 6.54. The number of nitrogens with one attached hydrogen (secondary N) is 1. The van der Waals surface area contributed by atoms with Crippen LogP contribution in [0, 0.1) is 0 Å². The first-order valence-electron chi connectivity index (χ1n) is 9.86. The first-order valence-corrected chi connectivity index (χ1v) is 10.9. The Hall–Kier alpha value is -1.50. The summed E-state index contributed by atoms with van der Waals surface area (Å²) in [5.41, 5.74) is 4.90. The summed E-state index contributed by atoms with van der Waals surface area (Å²) in [6, 6.07) is 6.34. The van der Waals surface area contributed by atoms with Crippen molar-refractivity contribution >= 4 is 45.8 Å². The van der Waals surface area contributed by atoms with E-state index < -0.39 is 0 Å². The lowest BCUT2D eigenvalue weighted by Gasteiger charge is -2.22. The van der Waals surface area contributed by atoms with Crippen LogP contribution in [-0.2, 0) is 18.3 Å². The number of fused-ring (bicyclic) bond motifs is 1. The summed E-state index contributed by atoms with van der Waals surface area (Å²) >= 11 is 11.8. The Labute approximate surface area is 176 Å². The van der Waals surface area contributed by atoms with Crippen molar-refractivity contribution < 1.29 is 10.0 Å². The van der Waals surface area contributed by atoms with Gasteiger partial charge in [-0.3, -0.25) is 10.0 Å². The molecule has 1 heterocycles. The number of alkyl halides is 2. The molecule has 8 heteroatoms. The maximum Gasteiger partial charge on any atom is 0.243 e. The Morgan fingerprint density at radius 2 is 1.82 bits per heavy atom. The van der Waals surface area contributed by atoms with Gasteiger partial charge in [-0.1, -0.05) is 19.3 Å². The third-order valence-corrected chi connectivity index (χ3v) is 5.30. The van der Waals surface area contributed by atoms with Crippen molar-refractivity contribution in [2.45, 2.75) is 44.9 Å². The lowest BCUT2D eigenvalue weighted by Crippen LogP contribution is -2.27. The predicted octanol–water partition coefficient (Wildman–Crippen LogP) is 4.25. The second kappa shape index (κ2) is 12.1. The lowest BCUT2D eigenvalue weighted by molar-refractivity contribution is -0.129. The number of carbonyl (C=O) groups is 1. The van der Waals surface area contributed by atoms with Gasteiger partial charge < -0.3 is 9.47 Å². The summed E-state index contributed by atoms with van der Waals surface area (Å²) in [4.78, 5) is 18.0. The average molecular weight is 429 g/mol. The number of aryl methyl sites for hydroxylation is 2. The Balaban J connectivity index is 1.89. The van der Waals surface area contributed by atoms with Crippen molar-refractivity contribution in [2.24, 2.45) is 7.05 Å². The van der Waals surface area contributed by atoms with E-state index in [4.69, 9.17) is 33.4 Å². The van der Waals surface area contributed by atoms with Crippen molar-refractivity contribution in [2.75, 3.05) is 29.7 Å². The smallest absolute Gasteiger partial charge is 0.243 e. The number of aromatic nitrogens is 2. The number of hydrogen-bond acceptors (Lipinski definition) is 4. The number of benzene rings is 1. The van der Waals surface area contributed by atoms with Crippen molar-refractivity contribution in [3.05, 3.63) is 24.0 Å². The zero-order valence-electron chi connectivity index (χ0n) is 16.5. The van der Waals surface area contributed by atoms with Gasteiger partial charge in [-0.25, -0.2) is 10.5 Å². The van der Waals surface area contributed by atoms with E-state index in [2.05, 4.69) is 34.7 Å². The van der Waals surface area contributed by atoms with Crippen LogP contribution in [0.3, 0.4) is 0 Å². The third-order valence-electron chi connectivity index (χ3n) is 4.96. The highest BCUT2D eigenvalue weighted by Gasteiger charge is 2.11. The van der Waals surface area contributed by atoms with E-state index in [0.29, 0.717) is 18.2 Å². The topological polar surface area (TPSA) is 70.4 Å². The highest BCUT2D eigenvalue weighted by Crippen LogP contribution is 2.23. The Kier molecular flexibility index (Phi) is 9.88. The summed E-state index contributed by atoms with van der Waals surface area (Å²) in [6.45, 7) is 1.53. The molecule has 0 unspecified atom stereocenters. The van der Waals surface area contributed by atoms with Gasteiger partial charge in [0, 0.05) is 50.4 Å². The number of rotatable bonds is 13. The molecule has 2 rings (SSSR count). The van der Waals surface area contributed by atoms with Crippen LogP contribution in [0.15, 0.2) is 18.2 Å². The summed E-state index contributed by atoms with van der Waals surface area (Å²) < 4.78 is 2.16. The highest BCUT2D eigenvalue weighted by molar-refractivity contribution is 6.18. The molecule has 0 aliphatic rings. The number of hydrogen-bond donors (Lipinski definition) is 2. The molecule has 2 N–H and O–H groups in total. The highest BCUT2D eigenvalue weighted by atomic mass is 35.5. The molecule has 0 saturated carbocycles. The summed E-state index contributed by atoms with van der Waals surface area (Å²) in [5, 5.41) is 8.47. The van der Waals surface area contributed by atoms with Gasteiger partial charge in [-0.05, 0) is 31.0 Å². The van der Waals surface area contributed by atoms with Crippen molar-refractivity contribution in [1.82, 2.24) is 15.0 Å². The molecule has 156 valence electrons. The fraction of sp³-hybridized carbons (Fsp3) is 0.600. The fourth-order valence-electron chi connectivity index (χ4n) is 3.39. The number of hydroxylamine groups is 1. The summed E-state index contributed by atoms with van der Waals surface area (Å²) in [6.07, 6.45) is 6.38. The molecule has 0 bridgehead atoms. The SMILES string of the molecule is Cn1c(CCCCCCCC(=O)NO)nc2cc(N(CCCl)CCCl)ccc21. The Morgan fingerprint density at radius 3 is 2.50 bits per heavy atom. The maximum atomic E-state index is 11.0. The number of nitrogens with zero attached hydrogens (tertiary/aromatic N) is 3. The van der Waals surface area contributed by atoms with Crippen LogP contribution in [0.1, 0.15) is 44.3 Å². The molecule has 0 radical (unpaired) electrons. The molecule has 28 heavy (non-hydrogen) atoms. The number of halogens is 2. The molecule has 0 spiro atoms. The summed E-state index contributed by atoms with van der Waals surface area (Å²) in [5.74, 6) is 1.91. The predicted molar refractivity (Wildman–Crippen MR) is 116 cm³/mol. The normalized spacial score (nSPS) is 11.1. The lowest BCUT2D eigenvalue weighted by atomic mass is 10.1. The van der Waals surface area contributed by atoms with Gasteiger partial charge in [0.25, 0.3) is 0 Å². The van der Waals surface area contributed by atoms with Gasteiger partial charge in [0.05, 0.1) is 11.0 Å². The van der Waals surface area contributed by atoms with Crippen LogP contribution in [0.5, 0.6) is 0 Å². The average Bonchev–Trinajstić information content (AvgIpc) is 3.01. The molecular weight excluding hydrogens is 399 g/mol. The van der Waals surface area contributed by atoms with E-state index in [9.17, 15) is 4.79 Å². The Morgan fingerprint density at radius 1 is 1.14 bits per heavy atom. The van der Waals surface area contributed by atoms with Crippen molar-refractivity contribution in [3.63, 3.8) is 0 Å². The molecule has 2 aromatic rings. The second-order valence-corrected chi connectivity index (χ2v) is 7.68. The zero-order chi connectivity index (χ0) is 20.4. The summed E-state index contributed by atoms with van der Waals surface area (Å²) in [7, 11) is 2.06. The quantitative estimate of drug-likeness (QED) is 0.216. The van der Waals surface area contributed by atoms with Gasteiger partial charge in [-0.2, -0.15) is 0 Å². The first kappa shape index (κ1) is 22.8. The van der Waals surface area contributed by atoms with Gasteiger partial charge in [0.1, 0.15) is 5.82 Å². The van der Waals surface area contributed by atoms with Gasteiger partial charge in [0.2, 0.25) is 5.91 Å². The van der Waals surface area contributed by atoms with Crippen LogP contribution in [0.4, 0.5) is 5.69 Å². The molecule has 0 atom stereocenters. The molecule has 0 aliphatic heterocycles. The molecule has 1 aromatic heterocycles. The fourth-order valence-corrected chi connectivity index (χ4v) is 3.80. The van der Waals surface area contributed by atoms with Crippen LogP contribution in [-0.4, -0.2) is 45.5 Å². The number of amides is 1. The maximum absolute atomic E-state index is 11.0. The van der Waals surface area contributed by atoms with E-state index in [1.54, 1.807) is 5.48 Å². The van der Waals surface area contributed by atoms with E-state index in [0.717, 1.165) is 74.2 Å². The number of anilines is 1. The van der Waals surface area contributed by atoms with Gasteiger partial charge in [-0.15, -0.1) is 23.2 Å². The number of imidazole rings is 1. The minimum atomic E-state index is -0.310. The van der Waals surface area contributed by atoms with Crippen molar-refractivity contribution in [1.29, 1.82) is 0 Å². The van der Waals surface area contributed by atoms with E-state index in [1.165, 1.54) is 0 Å². The number of unbranched alkanes of at least 4 members (excludes halogenated alkanes) is 4. The second-order valence-electron chi connectivity index (χ2n) is 6.93. The van der Waals surface area contributed by atoms with Crippen LogP contribution in [0.25, 0.3) is 11.0 Å². The largest absolute Gasteiger partial charge is 0.369 e. The van der Waals surface area contributed by atoms with Crippen molar-refractivity contribution in [3.8, 4) is 0 Å². The molecular formula is C20H30Cl2N4O2. The van der Waals surface area contributed by atoms with Crippen LogP contribution < -0.4 is 10.4 Å². The molecule has 0 aliphatic carbocycles. The Bertz CT molecular complexity index is 745. The van der Waals surface area contributed by atoms with E-state index >= 15 is 0 Å². The monoisotopic (exact) mass is 428 g/mol. The number of carbonyl (C=O) groups excluding carboxylic acids is 1. The standard InChI is InChI=1S/C20H30Cl2N4O2/c1-25-18-10-9-16(26(13-11-21)14-12-22)15-17(18)23-19(25)7-5-3-2-4-6-8-20(27)24-28/h9-10,15,28H,2-8,11-14H2,1H3,(H,24,27). The van der Waals surface area contributed by atoms with Gasteiger partial charge >= 0.3 is 0 Å². The molecule has 1 aromatic carbocycles.